The van der Waals surface area contributed by atoms with E-state index < -0.39 is 5.82 Å². The van der Waals surface area contributed by atoms with Crippen molar-refractivity contribution in [3.63, 3.8) is 0 Å². The molecular formula is C15H24FN3O. The van der Waals surface area contributed by atoms with Crippen LogP contribution in [0.1, 0.15) is 44.5 Å². The maximum atomic E-state index is 13.4. The SMILES string of the molecule is CCNc1ncc(F)cc1C(=O)N(C)C(C)CC(C)C. The van der Waals surface area contributed by atoms with Gasteiger partial charge in [0.2, 0.25) is 0 Å². The van der Waals surface area contributed by atoms with E-state index in [9.17, 15) is 9.18 Å². The molecule has 0 radical (unpaired) electrons. The highest BCUT2D eigenvalue weighted by Gasteiger charge is 2.22. The summed E-state index contributed by atoms with van der Waals surface area (Å²) in [5.41, 5.74) is 0.282. The minimum Gasteiger partial charge on any atom is -0.370 e. The molecule has 1 N–H and O–H groups in total. The van der Waals surface area contributed by atoms with Crippen molar-refractivity contribution >= 4 is 11.7 Å². The predicted octanol–water partition coefficient (Wildman–Crippen LogP) is 3.16. The fraction of sp³-hybridized carbons (Fsp3) is 0.600. The van der Waals surface area contributed by atoms with Gasteiger partial charge in [-0.15, -0.1) is 0 Å². The quantitative estimate of drug-likeness (QED) is 0.871. The number of pyridine rings is 1. The largest absolute Gasteiger partial charge is 0.370 e. The molecule has 0 spiro atoms. The molecule has 0 fully saturated rings. The number of amides is 1. The lowest BCUT2D eigenvalue weighted by molar-refractivity contribution is 0.0728. The Morgan fingerprint density at radius 3 is 2.65 bits per heavy atom. The molecule has 1 heterocycles. The maximum absolute atomic E-state index is 13.4. The number of hydrogen-bond acceptors (Lipinski definition) is 3. The van der Waals surface area contributed by atoms with Crippen molar-refractivity contribution in [2.45, 2.75) is 40.2 Å². The van der Waals surface area contributed by atoms with Crippen LogP contribution >= 0.6 is 0 Å². The van der Waals surface area contributed by atoms with Crippen LogP contribution in [-0.4, -0.2) is 35.4 Å². The Bertz CT molecular complexity index is 462. The van der Waals surface area contributed by atoms with Crippen LogP contribution in [0.3, 0.4) is 0 Å². The van der Waals surface area contributed by atoms with Crippen LogP contribution in [0, 0.1) is 11.7 Å². The Kier molecular flexibility index (Phi) is 5.92. The third kappa shape index (κ3) is 4.18. The summed E-state index contributed by atoms with van der Waals surface area (Å²) in [5, 5.41) is 2.99. The Balaban J connectivity index is 2.98. The Morgan fingerprint density at radius 1 is 1.45 bits per heavy atom. The summed E-state index contributed by atoms with van der Waals surface area (Å²) < 4.78 is 13.4. The molecule has 0 saturated heterocycles. The lowest BCUT2D eigenvalue weighted by Crippen LogP contribution is -2.36. The van der Waals surface area contributed by atoms with Crippen LogP contribution in [0.5, 0.6) is 0 Å². The average Bonchev–Trinajstić information content (AvgIpc) is 2.38. The number of anilines is 1. The second-order valence-electron chi connectivity index (χ2n) is 5.47. The zero-order valence-corrected chi connectivity index (χ0v) is 12.9. The van der Waals surface area contributed by atoms with Gasteiger partial charge in [-0.3, -0.25) is 4.79 Å². The van der Waals surface area contributed by atoms with Crippen molar-refractivity contribution in [2.75, 3.05) is 18.9 Å². The summed E-state index contributed by atoms with van der Waals surface area (Å²) in [6.45, 7) is 8.76. The predicted molar refractivity (Wildman–Crippen MR) is 79.4 cm³/mol. The van der Waals surface area contributed by atoms with Crippen LogP contribution in [-0.2, 0) is 0 Å². The van der Waals surface area contributed by atoms with Gasteiger partial charge in [-0.25, -0.2) is 9.37 Å². The van der Waals surface area contributed by atoms with Crippen molar-refractivity contribution in [1.29, 1.82) is 0 Å². The second kappa shape index (κ2) is 7.22. The normalized spacial score (nSPS) is 12.3. The van der Waals surface area contributed by atoms with Crippen molar-refractivity contribution in [2.24, 2.45) is 5.92 Å². The molecule has 112 valence electrons. The monoisotopic (exact) mass is 281 g/mol. The zero-order valence-electron chi connectivity index (χ0n) is 12.9. The minimum absolute atomic E-state index is 0.0974. The lowest BCUT2D eigenvalue weighted by Gasteiger charge is -2.27. The average molecular weight is 281 g/mol. The van der Waals surface area contributed by atoms with E-state index in [4.69, 9.17) is 0 Å². The summed E-state index contributed by atoms with van der Waals surface area (Å²) in [7, 11) is 1.75. The minimum atomic E-state index is -0.500. The van der Waals surface area contributed by atoms with Crippen LogP contribution in [0.2, 0.25) is 0 Å². The van der Waals surface area contributed by atoms with Gasteiger partial charge in [0.05, 0.1) is 11.8 Å². The Labute approximate surface area is 120 Å². The van der Waals surface area contributed by atoms with E-state index in [1.807, 2.05) is 13.8 Å². The molecule has 0 aliphatic carbocycles. The fourth-order valence-electron chi connectivity index (χ4n) is 2.14. The van der Waals surface area contributed by atoms with E-state index in [2.05, 4.69) is 24.1 Å². The highest BCUT2D eigenvalue weighted by atomic mass is 19.1. The van der Waals surface area contributed by atoms with Gasteiger partial charge in [0, 0.05) is 19.6 Å². The van der Waals surface area contributed by atoms with Crippen molar-refractivity contribution in [3.05, 3.63) is 23.6 Å². The molecule has 0 aliphatic rings. The second-order valence-corrected chi connectivity index (χ2v) is 5.47. The molecule has 0 saturated carbocycles. The first-order chi connectivity index (χ1) is 9.36. The number of halogens is 1. The lowest BCUT2D eigenvalue weighted by atomic mass is 10.0. The summed E-state index contributed by atoms with van der Waals surface area (Å²) in [6, 6.07) is 1.34. The van der Waals surface area contributed by atoms with Crippen LogP contribution in [0.4, 0.5) is 10.2 Å². The molecule has 1 atom stereocenters. The van der Waals surface area contributed by atoms with Gasteiger partial charge < -0.3 is 10.2 Å². The standard InChI is InChI=1S/C15H24FN3O/c1-6-17-14-13(8-12(16)9-18-14)15(20)19(5)11(4)7-10(2)3/h8-11H,6-7H2,1-5H3,(H,17,18). The molecule has 0 bridgehead atoms. The Morgan fingerprint density at radius 2 is 2.10 bits per heavy atom. The van der Waals surface area contributed by atoms with E-state index in [-0.39, 0.29) is 17.5 Å². The maximum Gasteiger partial charge on any atom is 0.257 e. The Hall–Kier alpha value is -1.65. The number of rotatable bonds is 6. The molecule has 4 nitrogen and oxygen atoms in total. The summed E-state index contributed by atoms with van der Waals surface area (Å²) in [5.74, 6) is 0.225. The van der Waals surface area contributed by atoms with Gasteiger partial charge in [0.1, 0.15) is 11.6 Å². The highest BCUT2D eigenvalue weighted by molar-refractivity contribution is 5.98. The third-order valence-corrected chi connectivity index (χ3v) is 3.22. The van der Waals surface area contributed by atoms with Crippen LogP contribution in [0.15, 0.2) is 12.3 Å². The number of aromatic nitrogens is 1. The molecule has 1 aromatic rings. The molecule has 5 heteroatoms. The first kappa shape index (κ1) is 16.4. The summed E-state index contributed by atoms with van der Waals surface area (Å²) in [6.07, 6.45) is 2.02. The molecule has 1 unspecified atom stereocenters. The fourth-order valence-corrected chi connectivity index (χ4v) is 2.14. The van der Waals surface area contributed by atoms with Crippen molar-refractivity contribution in [3.8, 4) is 0 Å². The number of nitrogens with zero attached hydrogens (tertiary/aromatic N) is 2. The number of hydrogen-bond donors (Lipinski definition) is 1. The van der Waals surface area contributed by atoms with E-state index in [0.717, 1.165) is 12.6 Å². The highest BCUT2D eigenvalue weighted by Crippen LogP contribution is 2.18. The topological polar surface area (TPSA) is 45.2 Å². The van der Waals surface area contributed by atoms with Crippen LogP contribution in [0.25, 0.3) is 0 Å². The van der Waals surface area contributed by atoms with E-state index in [1.165, 1.54) is 6.07 Å². The number of carbonyl (C=O) groups excluding carboxylic acids is 1. The molecule has 0 aliphatic heterocycles. The smallest absolute Gasteiger partial charge is 0.257 e. The summed E-state index contributed by atoms with van der Waals surface area (Å²) in [4.78, 5) is 18.1. The van der Waals surface area contributed by atoms with Gasteiger partial charge in [-0.2, -0.15) is 0 Å². The molecule has 0 aromatic carbocycles. The van der Waals surface area contributed by atoms with Crippen molar-refractivity contribution in [1.82, 2.24) is 9.88 Å². The zero-order chi connectivity index (χ0) is 15.3. The van der Waals surface area contributed by atoms with E-state index in [1.54, 1.807) is 11.9 Å². The van der Waals surface area contributed by atoms with E-state index in [0.29, 0.717) is 18.3 Å². The van der Waals surface area contributed by atoms with Crippen LogP contribution < -0.4 is 5.32 Å². The number of carbonyl (C=O) groups is 1. The van der Waals surface area contributed by atoms with Gasteiger partial charge in [-0.05, 0) is 32.3 Å². The van der Waals surface area contributed by atoms with Gasteiger partial charge in [0.15, 0.2) is 0 Å². The third-order valence-electron chi connectivity index (χ3n) is 3.22. The number of nitrogens with one attached hydrogen (secondary N) is 1. The molecular weight excluding hydrogens is 257 g/mol. The molecule has 20 heavy (non-hydrogen) atoms. The van der Waals surface area contributed by atoms with Gasteiger partial charge in [-0.1, -0.05) is 13.8 Å². The summed E-state index contributed by atoms with van der Waals surface area (Å²) >= 11 is 0. The van der Waals surface area contributed by atoms with Crippen molar-refractivity contribution < 1.29 is 9.18 Å². The van der Waals surface area contributed by atoms with Gasteiger partial charge in [0.25, 0.3) is 5.91 Å². The van der Waals surface area contributed by atoms with E-state index >= 15 is 0 Å². The van der Waals surface area contributed by atoms with Gasteiger partial charge >= 0.3 is 0 Å². The molecule has 1 aromatic heterocycles. The first-order valence-electron chi connectivity index (χ1n) is 7.03. The first-order valence-corrected chi connectivity index (χ1v) is 7.03. The molecule has 1 amide bonds. The molecule has 1 rings (SSSR count).